The van der Waals surface area contributed by atoms with Crippen molar-refractivity contribution in [3.8, 4) is 11.8 Å². The zero-order valence-electron chi connectivity index (χ0n) is 15.6. The minimum Gasteiger partial charge on any atom is -0.336 e. The van der Waals surface area contributed by atoms with Gasteiger partial charge >= 0.3 is 0 Å². The van der Waals surface area contributed by atoms with Crippen LogP contribution in [0.3, 0.4) is 0 Å². The van der Waals surface area contributed by atoms with Gasteiger partial charge in [0.05, 0.1) is 12.2 Å². The number of aromatic amines is 1. The number of nitrogens with zero attached hydrogens (tertiary/aromatic N) is 4. The lowest BCUT2D eigenvalue weighted by Gasteiger charge is -2.25. The van der Waals surface area contributed by atoms with Crippen LogP contribution in [0.25, 0.3) is 0 Å². The molecule has 0 spiro atoms. The molecule has 1 N–H and O–H groups in total. The van der Waals surface area contributed by atoms with E-state index < -0.39 is 32.6 Å². The highest BCUT2D eigenvalue weighted by molar-refractivity contribution is 7.89. The SMILES string of the molecule is C=CC#CC1[C@@H]2CN(C(=O)c3cn[nH]n3)C[C@@H]2CN1S(=O)(=O)c1c(F)cccc1F. The Labute approximate surface area is 171 Å². The van der Waals surface area contributed by atoms with Gasteiger partial charge in [-0.15, -0.1) is 0 Å². The number of rotatable bonds is 3. The summed E-state index contributed by atoms with van der Waals surface area (Å²) in [5.74, 6) is 2.25. The van der Waals surface area contributed by atoms with E-state index in [1.54, 1.807) is 4.90 Å². The predicted molar refractivity (Wildman–Crippen MR) is 101 cm³/mol. The molecule has 30 heavy (non-hydrogen) atoms. The maximum absolute atomic E-state index is 14.2. The first-order chi connectivity index (χ1) is 14.3. The van der Waals surface area contributed by atoms with Gasteiger partial charge in [-0.2, -0.15) is 19.7 Å². The topological polar surface area (TPSA) is 99.3 Å². The second kappa shape index (κ2) is 7.62. The molecule has 1 amide bonds. The van der Waals surface area contributed by atoms with Crippen LogP contribution in [0.1, 0.15) is 10.5 Å². The molecule has 0 saturated carbocycles. The van der Waals surface area contributed by atoms with E-state index in [1.807, 2.05) is 0 Å². The van der Waals surface area contributed by atoms with Gasteiger partial charge < -0.3 is 4.90 Å². The summed E-state index contributed by atoms with van der Waals surface area (Å²) in [6.07, 6.45) is 2.62. The van der Waals surface area contributed by atoms with Crippen LogP contribution in [0.15, 0.2) is 41.9 Å². The Kier molecular flexibility index (Phi) is 5.13. The second-order valence-corrected chi connectivity index (χ2v) is 8.88. The Hall–Kier alpha value is -3.10. The number of sulfonamides is 1. The van der Waals surface area contributed by atoms with Gasteiger partial charge in [0.25, 0.3) is 5.91 Å². The van der Waals surface area contributed by atoms with Crippen LogP contribution in [0, 0.1) is 35.3 Å². The highest BCUT2D eigenvalue weighted by atomic mass is 32.2. The summed E-state index contributed by atoms with van der Waals surface area (Å²) >= 11 is 0. The molecular weight excluding hydrogens is 416 g/mol. The molecule has 0 aliphatic carbocycles. The van der Waals surface area contributed by atoms with Crippen LogP contribution < -0.4 is 0 Å². The number of carbonyl (C=O) groups excluding carboxylic acids is 1. The highest BCUT2D eigenvalue weighted by Gasteiger charge is 2.52. The van der Waals surface area contributed by atoms with Crippen molar-refractivity contribution in [2.75, 3.05) is 19.6 Å². The third kappa shape index (κ3) is 3.28. The van der Waals surface area contributed by atoms with Crippen LogP contribution in [0.4, 0.5) is 8.78 Å². The van der Waals surface area contributed by atoms with Gasteiger partial charge in [0, 0.05) is 25.6 Å². The van der Waals surface area contributed by atoms with E-state index in [9.17, 15) is 22.0 Å². The van der Waals surface area contributed by atoms with E-state index in [-0.39, 0.29) is 43.1 Å². The van der Waals surface area contributed by atoms with E-state index in [1.165, 1.54) is 12.3 Å². The van der Waals surface area contributed by atoms with Gasteiger partial charge in [0.2, 0.25) is 10.0 Å². The molecule has 3 atom stereocenters. The standard InChI is InChI=1S/C19H17F2N5O3S/c1-2-3-7-17-13-11-25(19(27)16-8-22-24-23-16)9-12(13)10-26(17)30(28,29)18-14(20)5-4-6-15(18)21/h2,4-6,8,12-13,17H,1,9-11H2,(H,22,23,24)/t12-,13-,17?/m1/s1. The van der Waals surface area contributed by atoms with E-state index in [4.69, 9.17) is 0 Å². The van der Waals surface area contributed by atoms with Crippen molar-refractivity contribution < 1.29 is 22.0 Å². The van der Waals surface area contributed by atoms with Crippen molar-refractivity contribution >= 4 is 15.9 Å². The number of aromatic nitrogens is 3. The molecule has 2 aliphatic rings. The predicted octanol–water partition coefficient (Wildman–Crippen LogP) is 1.03. The molecule has 4 rings (SSSR count). The van der Waals surface area contributed by atoms with Gasteiger partial charge in [-0.05, 0) is 24.1 Å². The lowest BCUT2D eigenvalue weighted by atomic mass is 9.94. The number of fused-ring (bicyclic) bond motifs is 1. The lowest BCUT2D eigenvalue weighted by Crippen LogP contribution is -2.41. The lowest BCUT2D eigenvalue weighted by molar-refractivity contribution is 0.0770. The zero-order valence-corrected chi connectivity index (χ0v) is 16.4. The summed E-state index contributed by atoms with van der Waals surface area (Å²) in [5.41, 5.74) is 0.154. The number of amides is 1. The normalized spacial score (nSPS) is 23.7. The Morgan fingerprint density at radius 1 is 1.27 bits per heavy atom. The van der Waals surface area contributed by atoms with Gasteiger partial charge in [-0.1, -0.05) is 24.5 Å². The summed E-state index contributed by atoms with van der Waals surface area (Å²) in [6, 6.07) is 2.04. The number of halogens is 2. The first-order valence-electron chi connectivity index (χ1n) is 9.07. The Morgan fingerprint density at radius 2 is 2.00 bits per heavy atom. The van der Waals surface area contributed by atoms with Crippen LogP contribution >= 0.6 is 0 Å². The maximum atomic E-state index is 14.2. The number of carbonyl (C=O) groups is 1. The molecule has 2 saturated heterocycles. The Balaban J connectivity index is 1.66. The summed E-state index contributed by atoms with van der Waals surface area (Å²) < 4.78 is 55.7. The minimum absolute atomic E-state index is 0.0140. The molecule has 1 aromatic heterocycles. The quantitative estimate of drug-likeness (QED) is 0.729. The number of hydrogen-bond donors (Lipinski definition) is 1. The number of allylic oxidation sites excluding steroid dienone is 1. The van der Waals surface area contributed by atoms with Gasteiger partial charge in [-0.25, -0.2) is 17.2 Å². The van der Waals surface area contributed by atoms with Crippen molar-refractivity contribution in [3.63, 3.8) is 0 Å². The van der Waals surface area contributed by atoms with Crippen molar-refractivity contribution in [1.82, 2.24) is 24.6 Å². The maximum Gasteiger partial charge on any atom is 0.276 e. The van der Waals surface area contributed by atoms with Crippen molar-refractivity contribution in [2.45, 2.75) is 10.9 Å². The molecule has 1 unspecified atom stereocenters. The first-order valence-corrected chi connectivity index (χ1v) is 10.5. The van der Waals surface area contributed by atoms with Gasteiger partial charge in [0.15, 0.2) is 10.6 Å². The van der Waals surface area contributed by atoms with Crippen molar-refractivity contribution in [2.24, 2.45) is 11.8 Å². The van der Waals surface area contributed by atoms with Crippen LogP contribution in [0.5, 0.6) is 0 Å². The fourth-order valence-electron chi connectivity index (χ4n) is 4.06. The molecule has 2 aromatic rings. The molecule has 1 aromatic carbocycles. The van der Waals surface area contributed by atoms with Crippen molar-refractivity contribution in [3.05, 3.63) is 54.4 Å². The summed E-state index contributed by atoms with van der Waals surface area (Å²) in [6.45, 7) is 4.01. The fourth-order valence-corrected chi connectivity index (χ4v) is 5.81. The van der Waals surface area contributed by atoms with Gasteiger partial charge in [-0.3, -0.25) is 4.79 Å². The summed E-state index contributed by atoms with van der Waals surface area (Å²) in [5, 5.41) is 9.78. The smallest absolute Gasteiger partial charge is 0.276 e. The highest BCUT2D eigenvalue weighted by Crippen LogP contribution is 2.40. The molecule has 0 radical (unpaired) electrons. The van der Waals surface area contributed by atoms with E-state index in [2.05, 4.69) is 33.8 Å². The zero-order chi connectivity index (χ0) is 21.5. The third-order valence-electron chi connectivity index (χ3n) is 5.36. The molecule has 8 nitrogen and oxygen atoms in total. The second-order valence-electron chi connectivity index (χ2n) is 7.05. The largest absolute Gasteiger partial charge is 0.336 e. The average molecular weight is 433 g/mol. The summed E-state index contributed by atoms with van der Waals surface area (Å²) in [4.78, 5) is 13.1. The van der Waals surface area contributed by atoms with Gasteiger partial charge in [0.1, 0.15) is 11.6 Å². The Morgan fingerprint density at radius 3 is 2.63 bits per heavy atom. The summed E-state index contributed by atoms with van der Waals surface area (Å²) in [7, 11) is -4.49. The monoisotopic (exact) mass is 433 g/mol. The molecule has 2 aliphatic heterocycles. The molecular formula is C19H17F2N5O3S. The molecule has 3 heterocycles. The molecule has 156 valence electrons. The van der Waals surface area contributed by atoms with E-state index >= 15 is 0 Å². The van der Waals surface area contributed by atoms with E-state index in [0.29, 0.717) is 0 Å². The minimum atomic E-state index is -4.49. The average Bonchev–Trinajstić information content (AvgIpc) is 3.42. The van der Waals surface area contributed by atoms with Crippen LogP contribution in [0.2, 0.25) is 0 Å². The number of likely N-dealkylation sites (tertiary alicyclic amines) is 1. The van der Waals surface area contributed by atoms with E-state index in [0.717, 1.165) is 22.5 Å². The number of hydrogen-bond acceptors (Lipinski definition) is 5. The number of nitrogens with one attached hydrogen (secondary N) is 1. The molecule has 11 heteroatoms. The molecule has 0 bridgehead atoms. The molecule has 2 fully saturated rings. The third-order valence-corrected chi connectivity index (χ3v) is 7.26. The fraction of sp³-hybridized carbons (Fsp3) is 0.316. The number of H-pyrrole nitrogens is 1. The van der Waals surface area contributed by atoms with Crippen LogP contribution in [-0.2, 0) is 10.0 Å². The number of benzene rings is 1. The Bertz CT molecular complexity index is 1140. The first kappa shape index (κ1) is 20.2. The van der Waals surface area contributed by atoms with Crippen LogP contribution in [-0.4, -0.2) is 64.6 Å². The van der Waals surface area contributed by atoms with Crippen molar-refractivity contribution in [1.29, 1.82) is 0 Å².